The van der Waals surface area contributed by atoms with Crippen LogP contribution in [0, 0.1) is 6.92 Å². The summed E-state index contributed by atoms with van der Waals surface area (Å²) >= 11 is 0. The van der Waals surface area contributed by atoms with Gasteiger partial charge in [0.15, 0.2) is 0 Å². The zero-order valence-electron chi connectivity index (χ0n) is 13.5. The maximum atomic E-state index is 12.4. The molecule has 22 heavy (non-hydrogen) atoms. The highest BCUT2D eigenvalue weighted by atomic mass is 32.2. The molecule has 0 radical (unpaired) electrons. The van der Waals surface area contributed by atoms with Crippen LogP contribution in [0.2, 0.25) is 0 Å². The number of carbonyl (C=O) groups is 1. The molecule has 0 bridgehead atoms. The number of ether oxygens (including phenoxy) is 1. The first-order chi connectivity index (χ1) is 10.4. The Morgan fingerprint density at radius 2 is 1.86 bits per heavy atom. The van der Waals surface area contributed by atoms with Crippen molar-refractivity contribution in [2.24, 2.45) is 0 Å². The van der Waals surface area contributed by atoms with E-state index in [1.807, 2.05) is 13.8 Å². The third kappa shape index (κ3) is 6.15. The monoisotopic (exact) mass is 327 g/mol. The number of aryl methyl sites for hydroxylation is 1. The van der Waals surface area contributed by atoms with Gasteiger partial charge in [-0.3, -0.25) is 4.79 Å². The lowest BCUT2D eigenvalue weighted by atomic mass is 10.1. The summed E-state index contributed by atoms with van der Waals surface area (Å²) in [4.78, 5) is 11.5. The predicted octanol–water partition coefficient (Wildman–Crippen LogP) is 2.79. The summed E-state index contributed by atoms with van der Waals surface area (Å²) in [6.07, 6.45) is 2.74. The van der Waals surface area contributed by atoms with E-state index in [-0.39, 0.29) is 23.9 Å². The number of benzene rings is 1. The van der Waals surface area contributed by atoms with Gasteiger partial charge in [0.05, 0.1) is 10.9 Å². The first-order valence-electron chi connectivity index (χ1n) is 7.63. The van der Waals surface area contributed by atoms with Crippen LogP contribution in [0.1, 0.15) is 45.1 Å². The third-order valence-electron chi connectivity index (χ3n) is 3.29. The molecule has 0 saturated carbocycles. The second-order valence-electron chi connectivity index (χ2n) is 5.31. The second kappa shape index (κ2) is 8.90. The summed E-state index contributed by atoms with van der Waals surface area (Å²) in [5.41, 5.74) is 0.998. The molecule has 0 fully saturated rings. The highest BCUT2D eigenvalue weighted by Gasteiger charge is 2.20. The number of rotatable bonds is 9. The molecule has 1 unspecified atom stereocenters. The summed E-state index contributed by atoms with van der Waals surface area (Å²) < 4.78 is 32.5. The highest BCUT2D eigenvalue weighted by molar-refractivity contribution is 7.89. The van der Waals surface area contributed by atoms with Gasteiger partial charge in [0, 0.05) is 6.42 Å². The van der Waals surface area contributed by atoms with Gasteiger partial charge in [-0.05, 0) is 25.5 Å². The smallest absolute Gasteiger partial charge is 0.305 e. The molecular formula is C16H25NO4S. The molecule has 124 valence electrons. The molecule has 6 heteroatoms. The van der Waals surface area contributed by atoms with E-state index in [4.69, 9.17) is 4.74 Å². The van der Waals surface area contributed by atoms with Gasteiger partial charge < -0.3 is 4.74 Å². The van der Waals surface area contributed by atoms with Crippen molar-refractivity contribution in [1.82, 2.24) is 4.72 Å². The van der Waals surface area contributed by atoms with Gasteiger partial charge in [0.1, 0.15) is 6.61 Å². The summed E-state index contributed by atoms with van der Waals surface area (Å²) in [5.74, 6) is -0.323. The zero-order chi connectivity index (χ0) is 16.6. The van der Waals surface area contributed by atoms with Gasteiger partial charge in [0.25, 0.3) is 0 Å². The normalized spacial score (nSPS) is 12.9. The van der Waals surface area contributed by atoms with E-state index in [1.54, 1.807) is 31.2 Å². The van der Waals surface area contributed by atoms with Crippen LogP contribution in [0.25, 0.3) is 0 Å². The van der Waals surface area contributed by atoms with Crippen LogP contribution in [-0.4, -0.2) is 27.0 Å². The molecule has 5 nitrogen and oxygen atoms in total. The van der Waals surface area contributed by atoms with E-state index in [2.05, 4.69) is 4.72 Å². The molecule has 1 rings (SSSR count). The lowest BCUT2D eigenvalue weighted by Gasteiger charge is -2.18. The molecule has 1 atom stereocenters. The van der Waals surface area contributed by atoms with Gasteiger partial charge in [-0.2, -0.15) is 0 Å². The SMILES string of the molecule is CCCCC(COC(=O)CC)NS(=O)(=O)c1ccc(C)cc1. The highest BCUT2D eigenvalue weighted by Crippen LogP contribution is 2.12. The van der Waals surface area contributed by atoms with E-state index in [1.165, 1.54) is 0 Å². The molecule has 1 N–H and O–H groups in total. The van der Waals surface area contributed by atoms with Crippen molar-refractivity contribution in [2.45, 2.75) is 57.4 Å². The molecule has 0 aliphatic rings. The molecule has 0 spiro atoms. The summed E-state index contributed by atoms with van der Waals surface area (Å²) in [7, 11) is -3.60. The Kier molecular flexibility index (Phi) is 7.55. The maximum Gasteiger partial charge on any atom is 0.305 e. The standard InChI is InChI=1S/C16H25NO4S/c1-4-6-7-14(12-21-16(18)5-2)17-22(19,20)15-10-8-13(3)9-11-15/h8-11,14,17H,4-7,12H2,1-3H3. The predicted molar refractivity (Wildman–Crippen MR) is 86.1 cm³/mol. The van der Waals surface area contributed by atoms with Gasteiger partial charge in [-0.1, -0.05) is 44.4 Å². The van der Waals surface area contributed by atoms with E-state index in [0.717, 1.165) is 18.4 Å². The summed E-state index contributed by atoms with van der Waals surface area (Å²) in [6, 6.07) is 6.26. The van der Waals surface area contributed by atoms with Crippen LogP contribution in [0.15, 0.2) is 29.2 Å². The first kappa shape index (κ1) is 18.6. The number of esters is 1. The number of sulfonamides is 1. The number of unbranched alkanes of at least 4 members (excludes halogenated alkanes) is 1. The minimum Gasteiger partial charge on any atom is -0.464 e. The lowest BCUT2D eigenvalue weighted by molar-refractivity contribution is -0.143. The van der Waals surface area contributed by atoms with Crippen molar-refractivity contribution >= 4 is 16.0 Å². The fourth-order valence-corrected chi connectivity index (χ4v) is 3.18. The number of nitrogens with one attached hydrogen (secondary N) is 1. The van der Waals surface area contributed by atoms with E-state index in [0.29, 0.717) is 6.42 Å². The van der Waals surface area contributed by atoms with Crippen LogP contribution < -0.4 is 4.72 Å². The molecule has 0 saturated heterocycles. The van der Waals surface area contributed by atoms with Crippen LogP contribution >= 0.6 is 0 Å². The van der Waals surface area contributed by atoms with Crippen LogP contribution in [0.5, 0.6) is 0 Å². The fraction of sp³-hybridized carbons (Fsp3) is 0.562. The topological polar surface area (TPSA) is 72.5 Å². The van der Waals surface area contributed by atoms with E-state index < -0.39 is 16.1 Å². The molecule has 0 aliphatic carbocycles. The lowest BCUT2D eigenvalue weighted by Crippen LogP contribution is -2.38. The minimum atomic E-state index is -3.60. The first-order valence-corrected chi connectivity index (χ1v) is 9.12. The van der Waals surface area contributed by atoms with Crippen molar-refractivity contribution in [1.29, 1.82) is 0 Å². The zero-order valence-corrected chi connectivity index (χ0v) is 14.3. The fourth-order valence-electron chi connectivity index (χ4n) is 1.93. The molecule has 0 aromatic heterocycles. The van der Waals surface area contributed by atoms with Gasteiger partial charge in [-0.25, -0.2) is 13.1 Å². The van der Waals surface area contributed by atoms with Gasteiger partial charge >= 0.3 is 5.97 Å². The largest absolute Gasteiger partial charge is 0.464 e. The minimum absolute atomic E-state index is 0.0672. The van der Waals surface area contributed by atoms with Gasteiger partial charge in [-0.15, -0.1) is 0 Å². The Morgan fingerprint density at radius 1 is 1.23 bits per heavy atom. The molecule has 0 amide bonds. The number of hydrogen-bond acceptors (Lipinski definition) is 4. The average molecular weight is 327 g/mol. The maximum absolute atomic E-state index is 12.4. The van der Waals surface area contributed by atoms with Crippen molar-refractivity contribution < 1.29 is 17.9 Å². The Balaban J connectivity index is 2.77. The summed E-state index contributed by atoms with van der Waals surface area (Å²) in [5, 5.41) is 0. The Hall–Kier alpha value is -1.40. The third-order valence-corrected chi connectivity index (χ3v) is 4.83. The van der Waals surface area contributed by atoms with E-state index in [9.17, 15) is 13.2 Å². The van der Waals surface area contributed by atoms with Crippen molar-refractivity contribution in [3.8, 4) is 0 Å². The Bertz CT molecular complexity index is 566. The molecule has 1 aromatic rings. The summed E-state index contributed by atoms with van der Waals surface area (Å²) in [6.45, 7) is 5.71. The Labute approximate surface area is 133 Å². The van der Waals surface area contributed by atoms with Crippen molar-refractivity contribution in [2.75, 3.05) is 6.61 Å². The van der Waals surface area contributed by atoms with Crippen molar-refractivity contribution in [3.63, 3.8) is 0 Å². The molecule has 1 aromatic carbocycles. The average Bonchev–Trinajstić information content (AvgIpc) is 2.49. The second-order valence-corrected chi connectivity index (χ2v) is 7.02. The van der Waals surface area contributed by atoms with Crippen LogP contribution in [0.4, 0.5) is 0 Å². The van der Waals surface area contributed by atoms with Gasteiger partial charge in [0.2, 0.25) is 10.0 Å². The number of hydrogen-bond donors (Lipinski definition) is 1. The van der Waals surface area contributed by atoms with Crippen LogP contribution in [0.3, 0.4) is 0 Å². The molecule has 0 heterocycles. The van der Waals surface area contributed by atoms with Crippen molar-refractivity contribution in [3.05, 3.63) is 29.8 Å². The van der Waals surface area contributed by atoms with Crippen LogP contribution in [-0.2, 0) is 19.6 Å². The Morgan fingerprint density at radius 3 is 2.41 bits per heavy atom. The van der Waals surface area contributed by atoms with E-state index >= 15 is 0 Å². The molecule has 0 aliphatic heterocycles. The molecular weight excluding hydrogens is 302 g/mol. The quantitative estimate of drug-likeness (QED) is 0.708. The number of carbonyl (C=O) groups excluding carboxylic acids is 1.